The van der Waals surface area contributed by atoms with E-state index in [1.54, 1.807) is 11.4 Å². The Bertz CT molecular complexity index is 1530. The van der Waals surface area contributed by atoms with Crippen molar-refractivity contribution < 1.29 is 13.6 Å². The smallest absolute Gasteiger partial charge is 0.352 e. The van der Waals surface area contributed by atoms with Crippen molar-refractivity contribution >= 4 is 44.9 Å². The number of pyridine rings is 1. The number of amides is 1. The van der Waals surface area contributed by atoms with E-state index in [-0.39, 0.29) is 16.9 Å². The summed E-state index contributed by atoms with van der Waals surface area (Å²) in [7, 11) is 0. The molecule has 0 spiro atoms. The lowest BCUT2D eigenvalue weighted by molar-refractivity contribution is -0.0333. The number of aromatic nitrogens is 4. The third-order valence-electron chi connectivity index (χ3n) is 5.15. The average molecular weight is 490 g/mol. The van der Waals surface area contributed by atoms with Crippen LogP contribution in [0.4, 0.5) is 25.5 Å². The van der Waals surface area contributed by atoms with E-state index in [1.807, 2.05) is 23.6 Å². The summed E-state index contributed by atoms with van der Waals surface area (Å²) in [6.07, 6.45) is 2.85. The van der Waals surface area contributed by atoms with Crippen LogP contribution in [0.15, 0.2) is 78.6 Å². The van der Waals surface area contributed by atoms with Gasteiger partial charge in [-0.2, -0.15) is 8.78 Å². The number of nitrogens with zero attached hydrogens (tertiary/aromatic N) is 4. The van der Waals surface area contributed by atoms with Gasteiger partial charge in [0.25, 0.3) is 5.91 Å². The summed E-state index contributed by atoms with van der Waals surface area (Å²) in [5, 5.41) is 7.68. The Hall–Kier alpha value is -4.51. The average Bonchev–Trinajstić information content (AvgIpc) is 3.33. The number of carbonyl (C=O) groups is 1. The van der Waals surface area contributed by atoms with Gasteiger partial charge in [0.2, 0.25) is 0 Å². The van der Waals surface area contributed by atoms with Crippen LogP contribution in [-0.4, -0.2) is 25.8 Å². The molecule has 3 aromatic heterocycles. The number of halogens is 2. The van der Waals surface area contributed by atoms with E-state index >= 15 is 0 Å². The highest BCUT2D eigenvalue weighted by molar-refractivity contribution is 7.14. The molecule has 1 amide bonds. The number of nitrogen functional groups attached to an aromatic ring is 1. The van der Waals surface area contributed by atoms with Crippen LogP contribution in [0.3, 0.4) is 0 Å². The van der Waals surface area contributed by atoms with E-state index in [9.17, 15) is 13.6 Å². The molecule has 2 aromatic carbocycles. The lowest BCUT2D eigenvalue weighted by atomic mass is 10.1. The summed E-state index contributed by atoms with van der Waals surface area (Å²) in [5.41, 5.74) is 7.75. The summed E-state index contributed by atoms with van der Waals surface area (Å²) in [5.74, 6) is -0.510. The van der Waals surface area contributed by atoms with Gasteiger partial charge in [-0.1, -0.05) is 36.4 Å². The Balaban J connectivity index is 1.38. The zero-order valence-corrected chi connectivity index (χ0v) is 18.8. The number of hydrogen-bond donors (Lipinski definition) is 3. The molecule has 0 aliphatic heterocycles. The molecule has 0 aliphatic rings. The molecule has 0 fully saturated rings. The maximum Gasteiger partial charge on any atom is 0.352 e. The Morgan fingerprint density at radius 2 is 1.83 bits per heavy atom. The molecule has 35 heavy (non-hydrogen) atoms. The van der Waals surface area contributed by atoms with Crippen LogP contribution >= 0.6 is 11.3 Å². The van der Waals surface area contributed by atoms with E-state index in [0.29, 0.717) is 27.5 Å². The molecule has 0 bridgehead atoms. The fourth-order valence-corrected chi connectivity index (χ4v) is 4.14. The Labute approximate surface area is 201 Å². The van der Waals surface area contributed by atoms with Gasteiger partial charge < -0.3 is 11.1 Å². The second-order valence-corrected chi connectivity index (χ2v) is 8.31. The molecular weight excluding hydrogens is 472 g/mol. The maximum absolute atomic E-state index is 14.6. The predicted octanol–water partition coefficient (Wildman–Crippen LogP) is 4.95. The summed E-state index contributed by atoms with van der Waals surface area (Å²) in [6.45, 7) is 0. The molecule has 0 saturated carbocycles. The minimum absolute atomic E-state index is 0.0458. The summed E-state index contributed by atoms with van der Waals surface area (Å²) >= 11 is 1.27. The largest absolute Gasteiger partial charge is 0.383 e. The molecule has 4 N–H and O–H groups in total. The third kappa shape index (κ3) is 4.62. The molecule has 0 aliphatic carbocycles. The van der Waals surface area contributed by atoms with Gasteiger partial charge in [-0.15, -0.1) is 11.3 Å². The molecule has 174 valence electrons. The second kappa shape index (κ2) is 9.03. The number of benzene rings is 2. The van der Waals surface area contributed by atoms with Crippen molar-refractivity contribution in [1.29, 1.82) is 0 Å². The fraction of sp³-hybridized carbons (Fsp3) is 0.0417. The molecule has 5 rings (SSSR count). The van der Waals surface area contributed by atoms with Crippen LogP contribution in [0.1, 0.15) is 15.9 Å². The monoisotopic (exact) mass is 489 g/mol. The van der Waals surface area contributed by atoms with E-state index < -0.39 is 12.0 Å². The van der Waals surface area contributed by atoms with Crippen LogP contribution < -0.4 is 16.4 Å². The van der Waals surface area contributed by atoms with Gasteiger partial charge in [-0.05, 0) is 24.3 Å². The molecule has 8 nitrogen and oxygen atoms in total. The second-order valence-electron chi connectivity index (χ2n) is 7.45. The van der Waals surface area contributed by atoms with Crippen LogP contribution in [0.2, 0.25) is 0 Å². The number of carbonyl (C=O) groups excluding carboxylic acids is 1. The molecule has 11 heteroatoms. The maximum atomic E-state index is 14.6. The summed E-state index contributed by atoms with van der Waals surface area (Å²) in [4.78, 5) is 29.6. The molecule has 5 aromatic rings. The number of alkyl halides is 2. The lowest BCUT2D eigenvalue weighted by Crippen LogP contribution is -2.39. The minimum Gasteiger partial charge on any atom is -0.383 e. The van der Waals surface area contributed by atoms with E-state index in [4.69, 9.17) is 5.73 Å². The molecule has 0 saturated heterocycles. The first kappa shape index (κ1) is 22.3. The highest BCUT2D eigenvalue weighted by atomic mass is 32.1. The predicted molar refractivity (Wildman–Crippen MR) is 130 cm³/mol. The van der Waals surface area contributed by atoms with Crippen molar-refractivity contribution in [2.45, 2.75) is 6.05 Å². The van der Waals surface area contributed by atoms with Crippen molar-refractivity contribution in [2.75, 3.05) is 11.1 Å². The molecule has 0 unspecified atom stereocenters. The van der Waals surface area contributed by atoms with Crippen LogP contribution in [0.5, 0.6) is 0 Å². The summed E-state index contributed by atoms with van der Waals surface area (Å²) in [6, 6.07) is 11.9. The van der Waals surface area contributed by atoms with Crippen LogP contribution in [-0.2, 0) is 6.05 Å². The zero-order valence-electron chi connectivity index (χ0n) is 17.9. The van der Waals surface area contributed by atoms with Crippen molar-refractivity contribution in [3.05, 3.63) is 89.7 Å². The van der Waals surface area contributed by atoms with E-state index in [2.05, 4.69) is 25.3 Å². The van der Waals surface area contributed by atoms with Crippen molar-refractivity contribution in [2.24, 2.45) is 0 Å². The van der Waals surface area contributed by atoms with Gasteiger partial charge in [0, 0.05) is 28.1 Å². The number of thiazole rings is 1. The normalized spacial score (nSPS) is 11.4. The van der Waals surface area contributed by atoms with Crippen molar-refractivity contribution in [1.82, 2.24) is 25.3 Å². The lowest BCUT2D eigenvalue weighted by Gasteiger charge is -2.19. The Morgan fingerprint density at radius 1 is 1.00 bits per heavy atom. The molecule has 0 atom stereocenters. The third-order valence-corrected chi connectivity index (χ3v) is 5.91. The van der Waals surface area contributed by atoms with Gasteiger partial charge in [0.1, 0.15) is 18.0 Å². The SMILES string of the molecule is Nc1ncnc2ccc(-c3csc(Nc4ncccc4C(=O)NC(F)(F)c4ccccc4)n3)cc12. The number of nitrogens with two attached hydrogens (primary N) is 1. The van der Waals surface area contributed by atoms with E-state index in [1.165, 1.54) is 60.3 Å². The van der Waals surface area contributed by atoms with Crippen molar-refractivity contribution in [3.63, 3.8) is 0 Å². The molecular formula is C24H17F2N7OS. The Kier molecular flexibility index (Phi) is 5.75. The molecule has 3 heterocycles. The van der Waals surface area contributed by atoms with Gasteiger partial charge in [0.15, 0.2) is 5.13 Å². The van der Waals surface area contributed by atoms with Gasteiger partial charge in [-0.3, -0.25) is 10.1 Å². The first-order valence-electron chi connectivity index (χ1n) is 10.3. The number of fused-ring (bicyclic) bond motifs is 1. The van der Waals surface area contributed by atoms with Crippen molar-refractivity contribution in [3.8, 4) is 11.3 Å². The van der Waals surface area contributed by atoms with Crippen LogP contribution in [0, 0.1) is 0 Å². The van der Waals surface area contributed by atoms with Gasteiger partial charge in [-0.25, -0.2) is 19.9 Å². The summed E-state index contributed by atoms with van der Waals surface area (Å²) < 4.78 is 29.2. The topological polar surface area (TPSA) is 119 Å². The quantitative estimate of drug-likeness (QED) is 0.289. The zero-order chi connectivity index (χ0) is 24.4. The number of nitrogens with one attached hydrogen (secondary N) is 2. The highest BCUT2D eigenvalue weighted by Crippen LogP contribution is 2.31. The first-order chi connectivity index (χ1) is 16.9. The van der Waals surface area contributed by atoms with Gasteiger partial charge in [0.05, 0.1) is 16.8 Å². The fourth-order valence-electron chi connectivity index (χ4n) is 3.42. The number of rotatable bonds is 6. The van der Waals surface area contributed by atoms with Gasteiger partial charge >= 0.3 is 6.05 Å². The number of anilines is 3. The molecule has 0 radical (unpaired) electrons. The number of hydrogen-bond acceptors (Lipinski definition) is 8. The highest BCUT2D eigenvalue weighted by Gasteiger charge is 2.34. The van der Waals surface area contributed by atoms with Crippen LogP contribution in [0.25, 0.3) is 22.2 Å². The minimum atomic E-state index is -3.55. The first-order valence-corrected chi connectivity index (χ1v) is 11.2. The van der Waals surface area contributed by atoms with E-state index in [0.717, 1.165) is 5.56 Å². The standard InChI is InChI=1S/C24H17F2N7OS/c25-24(26,15-5-2-1-3-6-15)33-22(34)16-7-4-10-28-21(16)32-23-31-19(12-35-23)14-8-9-18-17(11-14)20(27)30-13-29-18/h1-13H,(H,33,34)(H2,27,29,30)(H,28,31,32). The Morgan fingerprint density at radius 3 is 2.66 bits per heavy atom.